The van der Waals surface area contributed by atoms with Gasteiger partial charge in [-0.05, 0) is 89.0 Å². The molecule has 0 saturated carbocycles. The van der Waals surface area contributed by atoms with Gasteiger partial charge in [0, 0.05) is 22.1 Å². The van der Waals surface area contributed by atoms with Crippen LogP contribution in [0.2, 0.25) is 0 Å². The topological polar surface area (TPSA) is 25.8 Å². The Kier molecular flexibility index (Phi) is 7.55. The first-order chi connectivity index (χ1) is 28.0. The molecular formula is C55H38N2. The summed E-state index contributed by atoms with van der Waals surface area (Å²) in [5.74, 6) is 0.714. The van der Waals surface area contributed by atoms with Gasteiger partial charge in [-0.1, -0.05) is 196 Å². The van der Waals surface area contributed by atoms with Gasteiger partial charge >= 0.3 is 0 Å². The second-order valence-corrected chi connectivity index (χ2v) is 15.7. The highest BCUT2D eigenvalue weighted by Gasteiger charge is 2.40. The van der Waals surface area contributed by atoms with Crippen molar-refractivity contribution in [3.63, 3.8) is 0 Å². The maximum absolute atomic E-state index is 5.14. The SMILES string of the molecule is CC1(C)c2cc(-c3ccc(-c4cc(-c5ccc(-c6ccccc6)cc5)nc(-c5ccccc5)n4)cc3)c3ccccc3c2-c2c1c1ccccc1c1ccccc21. The molecule has 1 heterocycles. The second kappa shape index (κ2) is 13.0. The Labute approximate surface area is 332 Å². The van der Waals surface area contributed by atoms with Crippen molar-refractivity contribution in [1.29, 1.82) is 0 Å². The first-order valence-corrected chi connectivity index (χ1v) is 19.7. The molecule has 57 heavy (non-hydrogen) atoms. The maximum Gasteiger partial charge on any atom is 0.160 e. The number of fused-ring (bicyclic) bond motifs is 10. The molecule has 0 saturated heterocycles. The fraction of sp³-hybridized carbons (Fsp3) is 0.0545. The van der Waals surface area contributed by atoms with E-state index in [9.17, 15) is 0 Å². The lowest BCUT2D eigenvalue weighted by molar-refractivity contribution is 0.667. The van der Waals surface area contributed by atoms with Gasteiger partial charge in [0.2, 0.25) is 0 Å². The van der Waals surface area contributed by atoms with Gasteiger partial charge in [0.05, 0.1) is 11.4 Å². The average molecular weight is 727 g/mol. The third-order valence-electron chi connectivity index (χ3n) is 12.1. The minimum Gasteiger partial charge on any atom is -0.228 e. The van der Waals surface area contributed by atoms with E-state index in [-0.39, 0.29) is 5.41 Å². The van der Waals surface area contributed by atoms with E-state index in [1.165, 1.54) is 76.8 Å². The highest BCUT2D eigenvalue weighted by atomic mass is 14.9. The third-order valence-corrected chi connectivity index (χ3v) is 12.1. The summed E-state index contributed by atoms with van der Waals surface area (Å²) in [5.41, 5.74) is 15.1. The Bertz CT molecular complexity index is 3160. The van der Waals surface area contributed by atoms with Crippen molar-refractivity contribution in [3.05, 3.63) is 205 Å². The van der Waals surface area contributed by atoms with Gasteiger partial charge in [0.15, 0.2) is 5.82 Å². The molecule has 0 radical (unpaired) electrons. The van der Waals surface area contributed by atoms with Crippen LogP contribution in [-0.4, -0.2) is 9.97 Å². The normalized spacial score (nSPS) is 12.9. The first kappa shape index (κ1) is 33.2. The van der Waals surface area contributed by atoms with Crippen LogP contribution in [0.25, 0.3) is 99.6 Å². The van der Waals surface area contributed by atoms with Crippen molar-refractivity contribution < 1.29 is 0 Å². The van der Waals surface area contributed by atoms with Gasteiger partial charge in [-0.2, -0.15) is 0 Å². The van der Waals surface area contributed by atoms with Crippen LogP contribution in [0.5, 0.6) is 0 Å². The standard InChI is InChI=1S/C55H38N2/c1-55(2)48-33-47(43-21-10-12-22-44(43)51(48)52-45-23-13-9-19-41(45)42-20-11-14-24-46(42)53(52)55)37-27-31-39(32-28-37)50-34-49(56-54(57-50)40-17-7-4-8-18-40)38-29-25-36(26-30-38)35-15-5-3-6-16-35/h3-34H,1-2H3. The van der Waals surface area contributed by atoms with E-state index < -0.39 is 0 Å². The van der Waals surface area contributed by atoms with Gasteiger partial charge in [-0.3, -0.25) is 0 Å². The van der Waals surface area contributed by atoms with Crippen LogP contribution in [0.15, 0.2) is 194 Å². The predicted octanol–water partition coefficient (Wildman–Crippen LogP) is 14.6. The van der Waals surface area contributed by atoms with Crippen LogP contribution in [0, 0.1) is 0 Å². The molecular weight excluding hydrogens is 689 g/mol. The quantitative estimate of drug-likeness (QED) is 0.165. The zero-order valence-corrected chi connectivity index (χ0v) is 31.9. The summed E-state index contributed by atoms with van der Waals surface area (Å²) in [7, 11) is 0. The fourth-order valence-corrected chi connectivity index (χ4v) is 9.31. The average Bonchev–Trinajstić information content (AvgIpc) is 3.53. The second-order valence-electron chi connectivity index (χ2n) is 15.7. The summed E-state index contributed by atoms with van der Waals surface area (Å²) < 4.78 is 0. The fourth-order valence-electron chi connectivity index (χ4n) is 9.31. The molecule has 2 nitrogen and oxygen atoms in total. The van der Waals surface area contributed by atoms with Gasteiger partial charge < -0.3 is 0 Å². The first-order valence-electron chi connectivity index (χ1n) is 19.7. The van der Waals surface area contributed by atoms with E-state index in [0.717, 1.165) is 28.1 Å². The zero-order chi connectivity index (χ0) is 38.1. The Balaban J connectivity index is 1.04. The van der Waals surface area contributed by atoms with Crippen LogP contribution in [0.1, 0.15) is 25.0 Å². The summed E-state index contributed by atoms with van der Waals surface area (Å²) in [6.07, 6.45) is 0. The van der Waals surface area contributed by atoms with Crippen LogP contribution >= 0.6 is 0 Å². The minimum atomic E-state index is -0.197. The molecule has 0 N–H and O–H groups in total. The Hall–Kier alpha value is -7.16. The van der Waals surface area contributed by atoms with Crippen molar-refractivity contribution >= 4 is 32.3 Å². The molecule has 1 aliphatic carbocycles. The van der Waals surface area contributed by atoms with Gasteiger partial charge in [0.25, 0.3) is 0 Å². The molecule has 9 aromatic carbocycles. The molecule has 11 rings (SSSR count). The molecule has 2 heteroatoms. The molecule has 1 aliphatic rings. The number of nitrogens with zero attached hydrogens (tertiary/aromatic N) is 2. The van der Waals surface area contributed by atoms with Crippen LogP contribution < -0.4 is 0 Å². The smallest absolute Gasteiger partial charge is 0.160 e. The van der Waals surface area contributed by atoms with Crippen LogP contribution in [0.3, 0.4) is 0 Å². The molecule has 0 atom stereocenters. The summed E-state index contributed by atoms with van der Waals surface area (Å²) >= 11 is 0. The molecule has 0 bridgehead atoms. The maximum atomic E-state index is 5.14. The lowest BCUT2D eigenvalue weighted by Gasteiger charge is -2.25. The van der Waals surface area contributed by atoms with E-state index in [2.05, 4.69) is 190 Å². The molecule has 0 aliphatic heterocycles. The van der Waals surface area contributed by atoms with E-state index in [1.54, 1.807) is 0 Å². The van der Waals surface area contributed by atoms with E-state index >= 15 is 0 Å². The van der Waals surface area contributed by atoms with Crippen molar-refractivity contribution in [1.82, 2.24) is 9.97 Å². The van der Waals surface area contributed by atoms with Crippen molar-refractivity contribution in [2.24, 2.45) is 0 Å². The largest absolute Gasteiger partial charge is 0.228 e. The lowest BCUT2D eigenvalue weighted by Crippen LogP contribution is -2.16. The highest BCUT2D eigenvalue weighted by molar-refractivity contribution is 6.22. The molecule has 0 amide bonds. The van der Waals surface area contributed by atoms with Crippen molar-refractivity contribution in [2.75, 3.05) is 0 Å². The Morgan fingerprint density at radius 2 is 0.754 bits per heavy atom. The van der Waals surface area contributed by atoms with E-state index in [1.807, 2.05) is 18.2 Å². The minimum absolute atomic E-state index is 0.197. The molecule has 268 valence electrons. The lowest BCUT2D eigenvalue weighted by atomic mass is 9.78. The number of hydrogen-bond donors (Lipinski definition) is 0. The number of aromatic nitrogens is 2. The van der Waals surface area contributed by atoms with Crippen LogP contribution in [0.4, 0.5) is 0 Å². The molecule has 10 aromatic rings. The summed E-state index contributed by atoms with van der Waals surface area (Å²) in [4.78, 5) is 10.2. The van der Waals surface area contributed by atoms with Crippen molar-refractivity contribution in [3.8, 4) is 67.3 Å². The molecule has 0 unspecified atom stereocenters. The molecule has 1 aromatic heterocycles. The van der Waals surface area contributed by atoms with Gasteiger partial charge in [0.1, 0.15) is 0 Å². The number of benzene rings is 9. The Morgan fingerprint density at radius 1 is 0.333 bits per heavy atom. The monoisotopic (exact) mass is 726 g/mol. The number of rotatable bonds is 5. The van der Waals surface area contributed by atoms with Gasteiger partial charge in [-0.25, -0.2) is 9.97 Å². The number of hydrogen-bond acceptors (Lipinski definition) is 2. The van der Waals surface area contributed by atoms with Crippen molar-refractivity contribution in [2.45, 2.75) is 19.3 Å². The third kappa shape index (κ3) is 5.33. The molecule has 0 fully saturated rings. The molecule has 0 spiro atoms. The zero-order valence-electron chi connectivity index (χ0n) is 31.9. The summed E-state index contributed by atoms with van der Waals surface area (Å²) in [6.45, 7) is 4.82. The highest BCUT2D eigenvalue weighted by Crippen LogP contribution is 2.57. The van der Waals surface area contributed by atoms with E-state index in [4.69, 9.17) is 9.97 Å². The summed E-state index contributed by atoms with van der Waals surface area (Å²) in [5, 5.41) is 7.86. The van der Waals surface area contributed by atoms with Crippen LogP contribution in [-0.2, 0) is 5.41 Å². The van der Waals surface area contributed by atoms with E-state index in [0.29, 0.717) is 5.82 Å². The van der Waals surface area contributed by atoms with Gasteiger partial charge in [-0.15, -0.1) is 0 Å². The summed E-state index contributed by atoms with van der Waals surface area (Å²) in [6, 6.07) is 69.9. The predicted molar refractivity (Wildman–Crippen MR) is 239 cm³/mol. The Morgan fingerprint density at radius 3 is 1.35 bits per heavy atom.